The lowest BCUT2D eigenvalue weighted by Crippen LogP contribution is -2.50. The van der Waals surface area contributed by atoms with E-state index in [9.17, 15) is 4.39 Å². The molecular formula is C9H19FN2O. The largest absolute Gasteiger partial charge is 0.363 e. The first-order valence-corrected chi connectivity index (χ1v) is 4.88. The lowest BCUT2D eigenvalue weighted by molar-refractivity contribution is -0.00706. The van der Waals surface area contributed by atoms with Gasteiger partial charge < -0.3 is 5.11 Å². The van der Waals surface area contributed by atoms with Crippen molar-refractivity contribution in [2.45, 2.75) is 26.2 Å². The highest BCUT2D eigenvalue weighted by Gasteiger charge is 2.19. The summed E-state index contributed by atoms with van der Waals surface area (Å²) in [5, 5.41) is 8.56. The smallest absolute Gasteiger partial charge is 0.209 e. The van der Waals surface area contributed by atoms with Crippen molar-refractivity contribution in [3.05, 3.63) is 0 Å². The molecule has 1 fully saturated rings. The summed E-state index contributed by atoms with van der Waals surface area (Å²) in [5.41, 5.74) is 0. The monoisotopic (exact) mass is 190 g/mol. The highest BCUT2D eigenvalue weighted by atomic mass is 19.1. The maximum absolute atomic E-state index is 12.2. The van der Waals surface area contributed by atoms with Crippen LogP contribution in [0.3, 0.4) is 0 Å². The van der Waals surface area contributed by atoms with Crippen LogP contribution < -0.4 is 0 Å². The third-order valence-corrected chi connectivity index (χ3v) is 2.55. The van der Waals surface area contributed by atoms with Gasteiger partial charge in [-0.3, -0.25) is 9.80 Å². The zero-order valence-electron chi connectivity index (χ0n) is 8.41. The molecule has 0 amide bonds. The van der Waals surface area contributed by atoms with Crippen molar-refractivity contribution in [1.29, 1.82) is 0 Å². The highest BCUT2D eigenvalue weighted by Crippen LogP contribution is 2.06. The van der Waals surface area contributed by atoms with Gasteiger partial charge in [0.05, 0.1) is 6.54 Å². The van der Waals surface area contributed by atoms with E-state index in [-0.39, 0.29) is 6.54 Å². The molecule has 0 aromatic heterocycles. The number of rotatable bonds is 3. The fourth-order valence-corrected chi connectivity index (χ4v) is 1.68. The van der Waals surface area contributed by atoms with Gasteiger partial charge in [-0.15, -0.1) is 0 Å². The Morgan fingerprint density at radius 1 is 1.23 bits per heavy atom. The number of piperazine rings is 1. The lowest BCUT2D eigenvalue weighted by atomic mass is 10.2. The number of alkyl halides is 1. The van der Waals surface area contributed by atoms with Gasteiger partial charge in [-0.05, 0) is 13.8 Å². The number of aliphatic hydroxyl groups is 1. The molecule has 1 heterocycles. The van der Waals surface area contributed by atoms with Crippen LogP contribution in [0.1, 0.15) is 13.8 Å². The van der Waals surface area contributed by atoms with E-state index in [0.717, 1.165) is 26.2 Å². The highest BCUT2D eigenvalue weighted by molar-refractivity contribution is 4.74. The number of halogens is 1. The Labute approximate surface area is 79.1 Å². The fraction of sp³-hybridized carbons (Fsp3) is 1.00. The zero-order chi connectivity index (χ0) is 9.84. The van der Waals surface area contributed by atoms with Gasteiger partial charge in [-0.1, -0.05) is 0 Å². The van der Waals surface area contributed by atoms with Crippen LogP contribution >= 0.6 is 0 Å². The number of aliphatic hydroxyl groups excluding tert-OH is 1. The van der Waals surface area contributed by atoms with Crippen LogP contribution in [0.25, 0.3) is 0 Å². The normalized spacial score (nSPS) is 23.8. The summed E-state index contributed by atoms with van der Waals surface area (Å²) in [6.07, 6.45) is -1.69. The topological polar surface area (TPSA) is 26.7 Å². The van der Waals surface area contributed by atoms with Gasteiger partial charge in [0.25, 0.3) is 0 Å². The van der Waals surface area contributed by atoms with E-state index in [1.54, 1.807) is 0 Å². The van der Waals surface area contributed by atoms with Crippen LogP contribution in [-0.2, 0) is 0 Å². The molecule has 0 spiro atoms. The molecule has 1 saturated heterocycles. The minimum Gasteiger partial charge on any atom is -0.363 e. The van der Waals surface area contributed by atoms with Gasteiger partial charge in [0.2, 0.25) is 6.36 Å². The quantitative estimate of drug-likeness (QED) is 0.693. The Morgan fingerprint density at radius 2 is 1.77 bits per heavy atom. The van der Waals surface area contributed by atoms with Crippen LogP contribution in [0.4, 0.5) is 4.39 Å². The van der Waals surface area contributed by atoms with Gasteiger partial charge in [0.1, 0.15) is 0 Å². The molecule has 0 aliphatic carbocycles. The minimum atomic E-state index is -1.69. The van der Waals surface area contributed by atoms with Crippen molar-refractivity contribution in [2.24, 2.45) is 0 Å². The van der Waals surface area contributed by atoms with E-state index in [1.165, 1.54) is 0 Å². The molecule has 13 heavy (non-hydrogen) atoms. The van der Waals surface area contributed by atoms with Crippen LogP contribution in [0, 0.1) is 0 Å². The second-order valence-corrected chi connectivity index (χ2v) is 3.86. The molecule has 0 bridgehead atoms. The van der Waals surface area contributed by atoms with Gasteiger partial charge in [-0.2, -0.15) is 0 Å². The Kier molecular flexibility index (Phi) is 4.09. The van der Waals surface area contributed by atoms with Crippen LogP contribution in [0.15, 0.2) is 0 Å². The van der Waals surface area contributed by atoms with Crippen LogP contribution in [-0.4, -0.2) is 60.0 Å². The third kappa shape index (κ3) is 3.58. The maximum atomic E-state index is 12.2. The molecule has 3 nitrogen and oxygen atoms in total. The predicted octanol–water partition coefficient (Wildman–Crippen LogP) is 0.300. The summed E-state index contributed by atoms with van der Waals surface area (Å²) >= 11 is 0. The van der Waals surface area contributed by atoms with Crippen molar-refractivity contribution in [3.8, 4) is 0 Å². The average molecular weight is 190 g/mol. The first-order valence-electron chi connectivity index (χ1n) is 4.88. The van der Waals surface area contributed by atoms with Crippen LogP contribution in [0.5, 0.6) is 0 Å². The van der Waals surface area contributed by atoms with Crippen molar-refractivity contribution < 1.29 is 9.50 Å². The molecule has 1 aliphatic rings. The Morgan fingerprint density at radius 3 is 2.15 bits per heavy atom. The SMILES string of the molecule is CC(C)N1CCN(CC(O)F)CC1. The molecule has 78 valence electrons. The first kappa shape index (κ1) is 10.9. The summed E-state index contributed by atoms with van der Waals surface area (Å²) < 4.78 is 12.2. The first-order chi connectivity index (χ1) is 6.09. The molecule has 1 atom stereocenters. The standard InChI is InChI=1S/C9H19FN2O/c1-8(2)12-5-3-11(4-6-12)7-9(10)13/h8-9,13H,3-7H2,1-2H3. The van der Waals surface area contributed by atoms with Crippen molar-refractivity contribution in [2.75, 3.05) is 32.7 Å². The summed E-state index contributed by atoms with van der Waals surface area (Å²) in [6.45, 7) is 8.17. The van der Waals surface area contributed by atoms with E-state index in [2.05, 4.69) is 18.7 Å². The van der Waals surface area contributed by atoms with E-state index in [4.69, 9.17) is 5.11 Å². The summed E-state index contributed by atoms with van der Waals surface area (Å²) in [7, 11) is 0. The van der Waals surface area contributed by atoms with Crippen molar-refractivity contribution >= 4 is 0 Å². The number of hydrogen-bond acceptors (Lipinski definition) is 3. The van der Waals surface area contributed by atoms with E-state index >= 15 is 0 Å². The Balaban J connectivity index is 2.22. The third-order valence-electron chi connectivity index (χ3n) is 2.55. The molecule has 0 aromatic carbocycles. The number of nitrogens with zero attached hydrogens (tertiary/aromatic N) is 2. The summed E-state index contributed by atoms with van der Waals surface area (Å²) in [4.78, 5) is 4.32. The van der Waals surface area contributed by atoms with Crippen molar-refractivity contribution in [3.63, 3.8) is 0 Å². The van der Waals surface area contributed by atoms with Gasteiger partial charge in [-0.25, -0.2) is 4.39 Å². The molecule has 1 aliphatic heterocycles. The van der Waals surface area contributed by atoms with Gasteiger partial charge in [0.15, 0.2) is 0 Å². The Hall–Kier alpha value is -0.190. The van der Waals surface area contributed by atoms with Gasteiger partial charge in [0, 0.05) is 32.2 Å². The van der Waals surface area contributed by atoms with Gasteiger partial charge >= 0.3 is 0 Å². The molecule has 1 N–H and O–H groups in total. The summed E-state index contributed by atoms with van der Waals surface area (Å²) in [6, 6.07) is 0.567. The molecule has 0 aromatic rings. The molecule has 0 saturated carbocycles. The van der Waals surface area contributed by atoms with E-state index in [1.807, 2.05) is 4.90 Å². The second-order valence-electron chi connectivity index (χ2n) is 3.86. The molecule has 0 radical (unpaired) electrons. The van der Waals surface area contributed by atoms with E-state index < -0.39 is 6.36 Å². The predicted molar refractivity (Wildman–Crippen MR) is 50.3 cm³/mol. The lowest BCUT2D eigenvalue weighted by Gasteiger charge is -2.36. The zero-order valence-corrected chi connectivity index (χ0v) is 8.41. The van der Waals surface area contributed by atoms with Crippen LogP contribution in [0.2, 0.25) is 0 Å². The second kappa shape index (κ2) is 4.88. The van der Waals surface area contributed by atoms with Crippen molar-refractivity contribution in [1.82, 2.24) is 9.80 Å². The molecule has 4 heteroatoms. The Bertz CT molecular complexity index is 145. The average Bonchev–Trinajstić information content (AvgIpc) is 2.04. The number of β-amino-alcohol motifs (C(OH)–C–C–N with tert-alkyl or cyclic N) is 1. The molecule has 1 rings (SSSR count). The number of hydrogen-bond donors (Lipinski definition) is 1. The minimum absolute atomic E-state index is 0.159. The summed E-state index contributed by atoms with van der Waals surface area (Å²) in [5.74, 6) is 0. The van der Waals surface area contributed by atoms with E-state index in [0.29, 0.717) is 6.04 Å². The molecular weight excluding hydrogens is 171 g/mol. The molecule has 1 unspecified atom stereocenters. The maximum Gasteiger partial charge on any atom is 0.209 e. The fourth-order valence-electron chi connectivity index (χ4n) is 1.68.